The summed E-state index contributed by atoms with van der Waals surface area (Å²) in [6.07, 6.45) is 7.60. The molecule has 1 aromatic carbocycles. The van der Waals surface area contributed by atoms with Gasteiger partial charge in [0.1, 0.15) is 5.82 Å². The van der Waals surface area contributed by atoms with Gasteiger partial charge < -0.3 is 10.2 Å². The molecule has 128 valence electrons. The van der Waals surface area contributed by atoms with Gasteiger partial charge in [-0.1, -0.05) is 31.4 Å². The topological polar surface area (TPSA) is 53.9 Å². The van der Waals surface area contributed by atoms with Crippen molar-refractivity contribution in [2.24, 2.45) is 0 Å². The van der Waals surface area contributed by atoms with E-state index in [1.165, 1.54) is 31.5 Å². The average Bonchev–Trinajstić information content (AvgIpc) is 2.61. The van der Waals surface area contributed by atoms with E-state index in [0.717, 1.165) is 19.4 Å². The fraction of sp³-hybridized carbons (Fsp3) is 0.500. The maximum absolute atomic E-state index is 13.9. The van der Waals surface area contributed by atoms with E-state index in [4.69, 9.17) is 0 Å². The van der Waals surface area contributed by atoms with Gasteiger partial charge in [-0.25, -0.2) is 9.37 Å². The molecule has 0 radical (unpaired) electrons. The molecular formula is C18H24FN5. The van der Waals surface area contributed by atoms with E-state index in [0.29, 0.717) is 17.2 Å². The Morgan fingerprint density at radius 1 is 1.17 bits per heavy atom. The molecule has 0 amide bonds. The molecule has 1 aromatic heterocycles. The molecule has 2 aromatic rings. The number of halogens is 1. The summed E-state index contributed by atoms with van der Waals surface area (Å²) in [5.74, 6) is 0.142. The summed E-state index contributed by atoms with van der Waals surface area (Å²) in [6.45, 7) is 0.766. The minimum Gasteiger partial charge on any atom is -0.351 e. The summed E-state index contributed by atoms with van der Waals surface area (Å²) in [5.41, 5.74) is 1.05. The van der Waals surface area contributed by atoms with Gasteiger partial charge in [0.05, 0.1) is 11.9 Å². The number of hydrogen-bond acceptors (Lipinski definition) is 5. The molecule has 0 saturated heterocycles. The lowest BCUT2D eigenvalue weighted by molar-refractivity contribution is 0.113. The summed E-state index contributed by atoms with van der Waals surface area (Å²) in [5, 5.41) is 11.4. The Morgan fingerprint density at radius 2 is 1.92 bits per heavy atom. The van der Waals surface area contributed by atoms with Crippen molar-refractivity contribution in [3.05, 3.63) is 36.3 Å². The first-order valence-corrected chi connectivity index (χ1v) is 8.47. The molecule has 1 heterocycles. The highest BCUT2D eigenvalue weighted by molar-refractivity contribution is 5.59. The van der Waals surface area contributed by atoms with Crippen molar-refractivity contribution >= 4 is 5.95 Å². The Labute approximate surface area is 142 Å². The minimum absolute atomic E-state index is 0.121. The first kappa shape index (κ1) is 16.8. The van der Waals surface area contributed by atoms with Gasteiger partial charge in [0.2, 0.25) is 5.95 Å². The molecule has 24 heavy (non-hydrogen) atoms. The molecular weight excluding hydrogens is 305 g/mol. The van der Waals surface area contributed by atoms with Crippen LogP contribution in [0.25, 0.3) is 11.3 Å². The van der Waals surface area contributed by atoms with Crippen LogP contribution in [0.1, 0.15) is 32.1 Å². The summed E-state index contributed by atoms with van der Waals surface area (Å²) < 4.78 is 13.9. The maximum atomic E-state index is 13.9. The zero-order valence-corrected chi connectivity index (χ0v) is 14.3. The van der Waals surface area contributed by atoms with Crippen LogP contribution in [-0.4, -0.2) is 46.3 Å². The molecule has 3 rings (SSSR count). The molecule has 0 aliphatic heterocycles. The molecule has 1 aliphatic carbocycles. The van der Waals surface area contributed by atoms with Gasteiger partial charge in [-0.15, -0.1) is 5.10 Å². The second-order valence-corrected chi connectivity index (χ2v) is 6.68. The Hall–Kier alpha value is -2.08. The predicted molar refractivity (Wildman–Crippen MR) is 93.2 cm³/mol. The van der Waals surface area contributed by atoms with E-state index >= 15 is 0 Å². The highest BCUT2D eigenvalue weighted by Crippen LogP contribution is 2.32. The van der Waals surface area contributed by atoms with E-state index < -0.39 is 0 Å². The van der Waals surface area contributed by atoms with Crippen LogP contribution < -0.4 is 5.32 Å². The van der Waals surface area contributed by atoms with Crippen molar-refractivity contribution in [2.75, 3.05) is 26.0 Å². The number of nitrogens with one attached hydrogen (secondary N) is 1. The van der Waals surface area contributed by atoms with Crippen LogP contribution in [0.2, 0.25) is 0 Å². The summed E-state index contributed by atoms with van der Waals surface area (Å²) >= 11 is 0. The van der Waals surface area contributed by atoms with Crippen molar-refractivity contribution in [2.45, 2.75) is 37.6 Å². The van der Waals surface area contributed by atoms with Crippen molar-refractivity contribution < 1.29 is 4.39 Å². The Bertz CT molecular complexity index is 683. The van der Waals surface area contributed by atoms with Crippen LogP contribution in [0, 0.1) is 5.82 Å². The van der Waals surface area contributed by atoms with Crippen molar-refractivity contribution in [3.63, 3.8) is 0 Å². The lowest BCUT2D eigenvalue weighted by Gasteiger charge is -2.43. The van der Waals surface area contributed by atoms with Crippen LogP contribution in [0.4, 0.5) is 10.3 Å². The van der Waals surface area contributed by atoms with Crippen LogP contribution >= 0.6 is 0 Å². The minimum atomic E-state index is -0.305. The molecule has 5 nitrogen and oxygen atoms in total. The Morgan fingerprint density at radius 3 is 2.62 bits per heavy atom. The summed E-state index contributed by atoms with van der Waals surface area (Å²) in [7, 11) is 4.25. The Kier molecular flexibility index (Phi) is 5.04. The van der Waals surface area contributed by atoms with Crippen molar-refractivity contribution in [1.29, 1.82) is 0 Å². The van der Waals surface area contributed by atoms with Gasteiger partial charge in [-0.05, 0) is 39.1 Å². The van der Waals surface area contributed by atoms with E-state index in [-0.39, 0.29) is 11.4 Å². The van der Waals surface area contributed by atoms with Crippen LogP contribution in [-0.2, 0) is 0 Å². The number of likely N-dealkylation sites (N-methyl/N-ethyl adjacent to an activating group) is 1. The predicted octanol–water partition coefficient (Wildman–Crippen LogP) is 3.35. The highest BCUT2D eigenvalue weighted by Gasteiger charge is 2.34. The first-order chi connectivity index (χ1) is 11.6. The third-order valence-corrected chi connectivity index (χ3v) is 5.02. The smallest absolute Gasteiger partial charge is 0.243 e. The SMILES string of the molecule is CN(C)C1(CNc2nncc(-c3ccccc3F)n2)CCCCC1. The third-order valence-electron chi connectivity index (χ3n) is 5.02. The zero-order chi connectivity index (χ0) is 17.0. The monoisotopic (exact) mass is 329 g/mol. The maximum Gasteiger partial charge on any atom is 0.243 e. The molecule has 1 saturated carbocycles. The van der Waals surface area contributed by atoms with E-state index in [2.05, 4.69) is 39.5 Å². The lowest BCUT2D eigenvalue weighted by Crippen LogP contribution is -2.51. The number of rotatable bonds is 5. The first-order valence-electron chi connectivity index (χ1n) is 8.47. The zero-order valence-electron chi connectivity index (χ0n) is 14.3. The van der Waals surface area contributed by atoms with Crippen LogP contribution in [0.5, 0.6) is 0 Å². The van der Waals surface area contributed by atoms with Crippen molar-refractivity contribution in [1.82, 2.24) is 20.1 Å². The van der Waals surface area contributed by atoms with Gasteiger partial charge in [0.15, 0.2) is 0 Å². The fourth-order valence-electron chi connectivity index (χ4n) is 3.41. The van der Waals surface area contributed by atoms with Gasteiger partial charge in [0, 0.05) is 17.6 Å². The largest absolute Gasteiger partial charge is 0.351 e. The van der Waals surface area contributed by atoms with Gasteiger partial charge in [-0.2, -0.15) is 5.10 Å². The number of anilines is 1. The van der Waals surface area contributed by atoms with Crippen LogP contribution in [0.15, 0.2) is 30.5 Å². The van der Waals surface area contributed by atoms with E-state index in [1.54, 1.807) is 18.2 Å². The molecule has 0 unspecified atom stereocenters. The second kappa shape index (κ2) is 7.21. The summed E-state index contributed by atoms with van der Waals surface area (Å²) in [4.78, 5) is 6.73. The lowest BCUT2D eigenvalue weighted by atomic mass is 9.80. The van der Waals surface area contributed by atoms with Gasteiger partial charge in [-0.3, -0.25) is 0 Å². The number of benzene rings is 1. The van der Waals surface area contributed by atoms with Gasteiger partial charge in [0.25, 0.3) is 0 Å². The quantitative estimate of drug-likeness (QED) is 0.911. The normalized spacial score (nSPS) is 17.0. The van der Waals surface area contributed by atoms with Gasteiger partial charge >= 0.3 is 0 Å². The summed E-state index contributed by atoms with van der Waals surface area (Å²) in [6, 6.07) is 6.58. The van der Waals surface area contributed by atoms with Crippen LogP contribution in [0.3, 0.4) is 0 Å². The second-order valence-electron chi connectivity index (χ2n) is 6.68. The van der Waals surface area contributed by atoms with E-state index in [9.17, 15) is 4.39 Å². The average molecular weight is 329 g/mol. The number of aromatic nitrogens is 3. The molecule has 1 fully saturated rings. The molecule has 0 atom stereocenters. The molecule has 1 aliphatic rings. The molecule has 6 heteroatoms. The Balaban J connectivity index is 1.76. The molecule has 0 bridgehead atoms. The third kappa shape index (κ3) is 3.53. The fourth-order valence-corrected chi connectivity index (χ4v) is 3.41. The number of hydrogen-bond donors (Lipinski definition) is 1. The molecule has 0 spiro atoms. The number of nitrogens with zero attached hydrogens (tertiary/aromatic N) is 4. The molecule has 1 N–H and O–H groups in total. The van der Waals surface area contributed by atoms with Crippen molar-refractivity contribution in [3.8, 4) is 11.3 Å². The van der Waals surface area contributed by atoms with E-state index in [1.807, 2.05) is 0 Å². The standard InChI is InChI=1S/C18H24FN5/c1-24(2)18(10-6-3-7-11-18)13-20-17-22-16(12-21-23-17)14-8-4-5-9-15(14)19/h4-5,8-9,12H,3,6-7,10-11,13H2,1-2H3,(H,20,22,23). The highest BCUT2D eigenvalue weighted by atomic mass is 19.1.